The lowest BCUT2D eigenvalue weighted by Gasteiger charge is -2.26. The largest absolute Gasteiger partial charge is 0.481 e. The van der Waals surface area contributed by atoms with Crippen molar-refractivity contribution < 1.29 is 23.8 Å². The summed E-state index contributed by atoms with van der Waals surface area (Å²) in [6.45, 7) is 2.69. The Morgan fingerprint density at radius 3 is 2.65 bits per heavy atom. The van der Waals surface area contributed by atoms with Crippen molar-refractivity contribution in [3.63, 3.8) is 0 Å². The minimum Gasteiger partial charge on any atom is -0.481 e. The molecule has 0 saturated heterocycles. The summed E-state index contributed by atoms with van der Waals surface area (Å²) in [5.41, 5.74) is 4.57. The topological polar surface area (TPSA) is 134 Å². The first-order valence-corrected chi connectivity index (χ1v) is 17.0. The number of anilines is 1. The molecule has 0 bridgehead atoms. The molecule has 1 saturated carbocycles. The molecule has 14 heteroatoms. The Kier molecular flexibility index (Phi) is 10.5. The Morgan fingerprint density at radius 1 is 1.10 bits per heavy atom. The van der Waals surface area contributed by atoms with E-state index in [4.69, 9.17) is 32.9 Å². The first-order valence-electron chi connectivity index (χ1n) is 16.2. The molecule has 1 fully saturated rings. The van der Waals surface area contributed by atoms with Crippen molar-refractivity contribution in [3.8, 4) is 28.4 Å². The van der Waals surface area contributed by atoms with Crippen LogP contribution >= 0.6 is 23.2 Å². The van der Waals surface area contributed by atoms with Gasteiger partial charge in [0.15, 0.2) is 5.82 Å². The SMILES string of the molecule is COc1nc(-c2ccnc(-c3cccc(NC(=O)c4nc5c(n4C)CCN(CCCF)C5)c3Cl)c2Cl)ccc1CNCCC1(C(=O)O)CC1. The summed E-state index contributed by atoms with van der Waals surface area (Å²) in [4.78, 5) is 40.9. The van der Waals surface area contributed by atoms with Crippen LogP contribution in [-0.2, 0) is 31.4 Å². The number of imidazole rings is 1. The van der Waals surface area contributed by atoms with Gasteiger partial charge in [0, 0.05) is 68.2 Å². The third-order valence-electron chi connectivity index (χ3n) is 9.35. The molecular formula is C35H38Cl2FN7O4. The molecule has 4 heterocycles. The molecule has 0 radical (unpaired) electrons. The quantitative estimate of drug-likeness (QED) is 0.131. The van der Waals surface area contributed by atoms with Gasteiger partial charge < -0.3 is 25.0 Å². The smallest absolute Gasteiger partial charge is 0.309 e. The van der Waals surface area contributed by atoms with Crippen LogP contribution in [0.3, 0.4) is 0 Å². The third-order valence-corrected chi connectivity index (χ3v) is 10.1. The molecule has 1 amide bonds. The summed E-state index contributed by atoms with van der Waals surface area (Å²) in [5, 5.41) is 16.2. The van der Waals surface area contributed by atoms with Gasteiger partial charge in [0.1, 0.15) is 0 Å². The number of pyridine rings is 2. The van der Waals surface area contributed by atoms with Gasteiger partial charge in [0.05, 0.1) is 52.0 Å². The standard InChI is InChI=1S/C35H38Cl2FN7O4/c1-44-27-10-18-45(17-4-14-38)20-26(27)41-31(44)32(46)42-25-6-3-5-23(28(25)36)30-29(37)22(9-15-40-30)24-8-7-21(33(43-24)49-2)19-39-16-13-35(11-12-35)34(47)48/h3,5-9,15,39H,4,10-14,16-20H2,1-2H3,(H,42,46)(H,47,48). The van der Waals surface area contributed by atoms with Gasteiger partial charge in [-0.05, 0) is 50.4 Å². The lowest BCUT2D eigenvalue weighted by molar-refractivity contribution is -0.143. The highest BCUT2D eigenvalue weighted by Gasteiger charge is 2.49. The summed E-state index contributed by atoms with van der Waals surface area (Å²) in [7, 11) is 3.37. The molecule has 258 valence electrons. The molecule has 49 heavy (non-hydrogen) atoms. The number of alkyl halides is 1. The second-order valence-electron chi connectivity index (χ2n) is 12.5. The number of rotatable bonds is 14. The molecule has 0 atom stereocenters. The van der Waals surface area contributed by atoms with Crippen molar-refractivity contribution in [2.75, 3.05) is 38.7 Å². The Bertz CT molecular complexity index is 1880. The highest BCUT2D eigenvalue weighted by molar-refractivity contribution is 6.39. The van der Waals surface area contributed by atoms with E-state index in [1.54, 1.807) is 37.6 Å². The maximum atomic E-state index is 13.5. The van der Waals surface area contributed by atoms with Gasteiger partial charge in [0.25, 0.3) is 5.91 Å². The van der Waals surface area contributed by atoms with Gasteiger partial charge in [-0.1, -0.05) is 41.4 Å². The number of carboxylic acids is 1. The summed E-state index contributed by atoms with van der Waals surface area (Å²) in [6, 6.07) is 10.7. The molecule has 4 aromatic rings. The predicted molar refractivity (Wildman–Crippen MR) is 186 cm³/mol. The van der Waals surface area contributed by atoms with Gasteiger partial charge in [-0.15, -0.1) is 0 Å². The third kappa shape index (κ3) is 7.28. The molecule has 3 aromatic heterocycles. The summed E-state index contributed by atoms with van der Waals surface area (Å²) in [6.07, 6.45) is 4.84. The number of aromatic nitrogens is 4. The molecule has 3 N–H and O–H groups in total. The second-order valence-corrected chi connectivity index (χ2v) is 13.2. The van der Waals surface area contributed by atoms with E-state index in [9.17, 15) is 19.1 Å². The number of hydrogen-bond donors (Lipinski definition) is 3. The summed E-state index contributed by atoms with van der Waals surface area (Å²) < 4.78 is 20.1. The molecule has 11 nitrogen and oxygen atoms in total. The molecule has 1 aromatic carbocycles. The highest BCUT2D eigenvalue weighted by Crippen LogP contribution is 2.48. The molecule has 1 aliphatic carbocycles. The summed E-state index contributed by atoms with van der Waals surface area (Å²) in [5.74, 6) is -0.446. The van der Waals surface area contributed by atoms with Crippen LogP contribution in [0.15, 0.2) is 42.6 Å². The maximum Gasteiger partial charge on any atom is 0.309 e. The first kappa shape index (κ1) is 34.8. The number of fused-ring (bicyclic) bond motifs is 1. The Balaban J connectivity index is 1.18. The van der Waals surface area contributed by atoms with Crippen molar-refractivity contribution >= 4 is 40.8 Å². The van der Waals surface area contributed by atoms with Crippen molar-refractivity contribution in [3.05, 3.63) is 75.4 Å². The van der Waals surface area contributed by atoms with E-state index in [1.807, 2.05) is 23.7 Å². The summed E-state index contributed by atoms with van der Waals surface area (Å²) >= 11 is 13.8. The number of halogens is 3. The van der Waals surface area contributed by atoms with Crippen LogP contribution in [0.2, 0.25) is 10.0 Å². The lowest BCUT2D eigenvalue weighted by Crippen LogP contribution is -2.32. The zero-order chi connectivity index (χ0) is 34.7. The Morgan fingerprint density at radius 2 is 1.92 bits per heavy atom. The fraction of sp³-hybridized carbons (Fsp3) is 0.400. The van der Waals surface area contributed by atoms with Crippen LogP contribution in [0.5, 0.6) is 5.88 Å². The minimum atomic E-state index is -0.729. The van der Waals surface area contributed by atoms with Crippen molar-refractivity contribution in [2.45, 2.75) is 45.2 Å². The zero-order valence-electron chi connectivity index (χ0n) is 27.4. The number of nitrogens with one attached hydrogen (secondary N) is 2. The Hall–Kier alpha value is -4.10. The van der Waals surface area contributed by atoms with E-state index in [-0.39, 0.29) is 17.5 Å². The van der Waals surface area contributed by atoms with E-state index >= 15 is 0 Å². The molecule has 0 unspecified atom stereocenters. The number of carbonyl (C=O) groups excluding carboxylic acids is 1. The van der Waals surface area contributed by atoms with Crippen LogP contribution in [0.25, 0.3) is 22.5 Å². The average molecular weight is 711 g/mol. The van der Waals surface area contributed by atoms with E-state index < -0.39 is 17.3 Å². The van der Waals surface area contributed by atoms with Gasteiger partial charge in [-0.25, -0.2) is 9.97 Å². The monoisotopic (exact) mass is 709 g/mol. The minimum absolute atomic E-state index is 0.265. The van der Waals surface area contributed by atoms with Crippen LogP contribution in [0.4, 0.5) is 10.1 Å². The number of benzene rings is 1. The molecular weight excluding hydrogens is 672 g/mol. The normalized spacial score (nSPS) is 15.1. The van der Waals surface area contributed by atoms with Crippen molar-refractivity contribution in [1.29, 1.82) is 0 Å². The predicted octanol–water partition coefficient (Wildman–Crippen LogP) is 6.17. The number of nitrogens with zero attached hydrogens (tertiary/aromatic N) is 5. The van der Waals surface area contributed by atoms with Gasteiger partial charge in [-0.3, -0.25) is 23.9 Å². The fourth-order valence-corrected chi connectivity index (χ4v) is 6.85. The molecule has 2 aliphatic rings. The molecule has 6 rings (SSSR count). The van der Waals surface area contributed by atoms with Gasteiger partial charge >= 0.3 is 5.97 Å². The van der Waals surface area contributed by atoms with Crippen molar-refractivity contribution in [2.24, 2.45) is 12.5 Å². The van der Waals surface area contributed by atoms with Crippen molar-refractivity contribution in [1.82, 2.24) is 29.7 Å². The van der Waals surface area contributed by atoms with E-state index in [0.717, 1.165) is 42.8 Å². The number of methoxy groups -OCH3 is 1. The van der Waals surface area contributed by atoms with Crippen LogP contribution in [-0.4, -0.2) is 74.8 Å². The van der Waals surface area contributed by atoms with E-state index in [0.29, 0.717) is 78.1 Å². The number of aliphatic carboxylic acids is 1. The number of carbonyl (C=O) groups is 2. The maximum absolute atomic E-state index is 13.5. The van der Waals surface area contributed by atoms with Gasteiger partial charge in [0.2, 0.25) is 5.88 Å². The van der Waals surface area contributed by atoms with Crippen LogP contribution in [0.1, 0.15) is 53.3 Å². The number of amides is 1. The fourth-order valence-electron chi connectivity index (χ4n) is 6.28. The second kappa shape index (κ2) is 14.8. The van der Waals surface area contributed by atoms with Gasteiger partial charge in [-0.2, -0.15) is 0 Å². The number of carboxylic acid groups (broad SMARTS) is 1. The molecule has 0 spiro atoms. The highest BCUT2D eigenvalue weighted by atomic mass is 35.5. The molecule has 1 aliphatic heterocycles. The number of hydrogen-bond acceptors (Lipinski definition) is 8. The average Bonchev–Trinajstić information content (AvgIpc) is 3.83. The first-order chi connectivity index (χ1) is 23.7. The van der Waals surface area contributed by atoms with E-state index in [2.05, 4.69) is 25.5 Å². The Labute approximate surface area is 293 Å². The zero-order valence-corrected chi connectivity index (χ0v) is 28.9. The van der Waals surface area contributed by atoms with Crippen LogP contribution in [0, 0.1) is 5.41 Å². The lowest BCUT2D eigenvalue weighted by atomic mass is 10.0. The van der Waals surface area contributed by atoms with E-state index in [1.165, 1.54) is 0 Å². The number of ether oxygens (including phenoxy) is 1. The van der Waals surface area contributed by atoms with Crippen LogP contribution < -0.4 is 15.4 Å².